The Hall–Kier alpha value is -3.92. The molecule has 0 spiro atoms. The van der Waals surface area contributed by atoms with Crippen LogP contribution in [0.2, 0.25) is 0 Å². The summed E-state index contributed by atoms with van der Waals surface area (Å²) >= 11 is 1.32. The van der Waals surface area contributed by atoms with Crippen molar-refractivity contribution in [1.29, 1.82) is 0 Å². The molecule has 4 rings (SSSR count). The zero-order valence-electron chi connectivity index (χ0n) is 18.9. The van der Waals surface area contributed by atoms with Crippen molar-refractivity contribution >= 4 is 33.2 Å². The molecule has 38 heavy (non-hydrogen) atoms. The van der Waals surface area contributed by atoms with Crippen LogP contribution in [0.4, 0.5) is 35.9 Å². The van der Waals surface area contributed by atoms with E-state index in [0.29, 0.717) is 34.1 Å². The largest absolute Gasteiger partial charge is 0.490 e. The van der Waals surface area contributed by atoms with E-state index in [0.717, 1.165) is 17.0 Å². The number of aliphatic carboxylic acids is 1. The molecule has 4 aromatic rings. The van der Waals surface area contributed by atoms with Gasteiger partial charge >= 0.3 is 18.3 Å². The van der Waals surface area contributed by atoms with Crippen LogP contribution in [0.5, 0.6) is 0 Å². The number of fused-ring (bicyclic) bond motifs is 1. The van der Waals surface area contributed by atoms with E-state index in [1.54, 1.807) is 0 Å². The number of nitrogens with zero attached hydrogens (tertiary/aromatic N) is 4. The Morgan fingerprint density at radius 2 is 1.71 bits per heavy atom. The van der Waals surface area contributed by atoms with Crippen molar-refractivity contribution in [2.45, 2.75) is 24.8 Å². The number of carboxylic acids is 1. The number of hydrogen-bond donors (Lipinski definition) is 3. The number of carboxylic acid groups (broad SMARTS) is 1. The van der Waals surface area contributed by atoms with Crippen LogP contribution in [0, 0.1) is 5.95 Å². The molecule has 0 saturated carbocycles. The minimum Gasteiger partial charge on any atom is -0.475 e. The van der Waals surface area contributed by atoms with Crippen LogP contribution in [0.1, 0.15) is 11.3 Å². The van der Waals surface area contributed by atoms with Crippen LogP contribution in [0.3, 0.4) is 0 Å². The number of pyridine rings is 2. The first-order chi connectivity index (χ1) is 17.7. The van der Waals surface area contributed by atoms with Crippen molar-refractivity contribution in [3.8, 4) is 10.6 Å². The first-order valence-corrected chi connectivity index (χ1v) is 11.2. The lowest BCUT2D eigenvalue weighted by atomic mass is 10.1. The average molecular weight is 562 g/mol. The van der Waals surface area contributed by atoms with E-state index in [4.69, 9.17) is 15.6 Å². The molecule has 1 aromatic carbocycles. The van der Waals surface area contributed by atoms with Gasteiger partial charge in [-0.1, -0.05) is 29.5 Å². The van der Waals surface area contributed by atoms with Crippen LogP contribution in [0.15, 0.2) is 48.8 Å². The minimum absolute atomic E-state index is 0.351. The van der Waals surface area contributed by atoms with Gasteiger partial charge in [-0.2, -0.15) is 30.7 Å². The van der Waals surface area contributed by atoms with Gasteiger partial charge in [0.2, 0.25) is 11.1 Å². The van der Waals surface area contributed by atoms with Crippen molar-refractivity contribution in [2.75, 3.05) is 11.9 Å². The lowest BCUT2D eigenvalue weighted by molar-refractivity contribution is -0.192. The van der Waals surface area contributed by atoms with Crippen molar-refractivity contribution in [1.82, 2.24) is 20.2 Å². The highest BCUT2D eigenvalue weighted by molar-refractivity contribution is 7.18. The molecule has 0 aliphatic heterocycles. The van der Waals surface area contributed by atoms with E-state index < -0.39 is 30.0 Å². The molecule has 0 radical (unpaired) electrons. The number of halogens is 7. The monoisotopic (exact) mass is 562 g/mol. The summed E-state index contributed by atoms with van der Waals surface area (Å²) in [6.45, 7) is 0.351. The molecule has 1 atom stereocenters. The number of anilines is 1. The SMILES string of the molecule is N[C@H](CNc1nnc(-c2ccc3cnc(F)cc3c2)s1)Cc1ccc(C(F)(F)F)nc1.O=C(O)C(F)(F)F. The Labute approximate surface area is 213 Å². The van der Waals surface area contributed by atoms with Gasteiger partial charge in [-0.15, -0.1) is 10.2 Å². The molecule has 3 aromatic heterocycles. The second kappa shape index (κ2) is 11.6. The fourth-order valence-electron chi connectivity index (χ4n) is 2.96. The zero-order valence-corrected chi connectivity index (χ0v) is 19.7. The summed E-state index contributed by atoms with van der Waals surface area (Å²) in [6, 6.07) is 8.81. The lowest BCUT2D eigenvalue weighted by Gasteiger charge is -2.12. The number of alkyl halides is 6. The highest BCUT2D eigenvalue weighted by atomic mass is 32.1. The van der Waals surface area contributed by atoms with Crippen LogP contribution in [-0.2, 0) is 17.4 Å². The molecule has 3 heterocycles. The highest BCUT2D eigenvalue weighted by Crippen LogP contribution is 2.29. The number of rotatable bonds is 6. The van der Waals surface area contributed by atoms with E-state index in [1.807, 2.05) is 18.2 Å². The van der Waals surface area contributed by atoms with Crippen LogP contribution in [0.25, 0.3) is 21.3 Å². The summed E-state index contributed by atoms with van der Waals surface area (Å²) in [7, 11) is 0. The van der Waals surface area contributed by atoms with E-state index in [-0.39, 0.29) is 6.04 Å². The summed E-state index contributed by atoms with van der Waals surface area (Å²) in [4.78, 5) is 16.0. The van der Waals surface area contributed by atoms with Crippen molar-refractivity contribution in [3.05, 3.63) is 66.0 Å². The van der Waals surface area contributed by atoms with Crippen molar-refractivity contribution in [3.63, 3.8) is 0 Å². The molecule has 0 aliphatic carbocycles. The summed E-state index contributed by atoms with van der Waals surface area (Å²) in [5.74, 6) is -3.31. The van der Waals surface area contributed by atoms with Crippen molar-refractivity contribution < 1.29 is 40.6 Å². The number of aromatic nitrogens is 4. The number of hydrogen-bond acceptors (Lipinski definition) is 8. The quantitative estimate of drug-likeness (QED) is 0.223. The van der Waals surface area contributed by atoms with Crippen LogP contribution < -0.4 is 11.1 Å². The maximum absolute atomic E-state index is 13.4. The average Bonchev–Trinajstić information content (AvgIpc) is 3.31. The molecule has 0 fully saturated rings. The number of benzene rings is 1. The van der Waals surface area contributed by atoms with Gasteiger partial charge in [-0.3, -0.25) is 4.98 Å². The zero-order chi connectivity index (χ0) is 28.1. The minimum atomic E-state index is -5.08. The van der Waals surface area contributed by atoms with E-state index in [1.165, 1.54) is 35.9 Å². The predicted octanol–water partition coefficient (Wildman–Crippen LogP) is 4.92. The second-order valence-electron chi connectivity index (χ2n) is 7.68. The standard InChI is InChI=1S/C20H16F4N6S.C2HF3O2/c21-17-7-14-6-12(2-3-13(14)9-27-17)18-29-30-19(31-18)28-10-15(25)5-11-1-4-16(26-8-11)20(22,23)24;3-2(4,5)1(6)7/h1-4,6-9,15H,5,10,25H2,(H,28,30);(H,6,7)/t15-;/m0./s1. The topological polar surface area (TPSA) is 127 Å². The van der Waals surface area contributed by atoms with Gasteiger partial charge in [-0.25, -0.2) is 9.78 Å². The molecule has 16 heteroatoms. The number of nitrogens with one attached hydrogen (secondary N) is 1. The molecule has 0 saturated heterocycles. The molecule has 0 aliphatic rings. The first kappa shape index (κ1) is 28.6. The summed E-state index contributed by atoms with van der Waals surface area (Å²) in [5, 5.41) is 21.2. The summed E-state index contributed by atoms with van der Waals surface area (Å²) < 4.78 is 82.8. The smallest absolute Gasteiger partial charge is 0.475 e. The van der Waals surface area contributed by atoms with Gasteiger partial charge in [0, 0.05) is 42.0 Å². The van der Waals surface area contributed by atoms with Gasteiger partial charge in [-0.05, 0) is 29.5 Å². The Morgan fingerprint density at radius 3 is 2.32 bits per heavy atom. The normalized spacial score (nSPS) is 12.5. The fourth-order valence-corrected chi connectivity index (χ4v) is 3.71. The van der Waals surface area contributed by atoms with Gasteiger partial charge in [0.1, 0.15) is 10.7 Å². The molecule has 8 nitrogen and oxygen atoms in total. The van der Waals surface area contributed by atoms with E-state index in [9.17, 15) is 30.7 Å². The maximum atomic E-state index is 13.4. The Morgan fingerprint density at radius 1 is 1.00 bits per heavy atom. The van der Waals surface area contributed by atoms with Gasteiger partial charge in [0.05, 0.1) is 0 Å². The Bertz CT molecular complexity index is 1390. The summed E-state index contributed by atoms with van der Waals surface area (Å²) in [5.41, 5.74) is 6.55. The van der Waals surface area contributed by atoms with Gasteiger partial charge in [0.15, 0.2) is 0 Å². The third kappa shape index (κ3) is 8.04. The molecule has 4 N–H and O–H groups in total. The first-order valence-electron chi connectivity index (χ1n) is 10.4. The Balaban J connectivity index is 0.000000505. The molecule has 0 bridgehead atoms. The van der Waals surface area contributed by atoms with Gasteiger partial charge < -0.3 is 16.2 Å². The fraction of sp³-hybridized carbons (Fsp3) is 0.227. The maximum Gasteiger partial charge on any atom is 0.490 e. The number of nitrogens with two attached hydrogens (primary N) is 1. The molecular formula is C22H17F7N6O2S. The van der Waals surface area contributed by atoms with E-state index >= 15 is 0 Å². The van der Waals surface area contributed by atoms with Crippen LogP contribution >= 0.6 is 11.3 Å². The molecule has 0 unspecified atom stereocenters. The Kier molecular flexibility index (Phi) is 8.78. The second-order valence-corrected chi connectivity index (χ2v) is 8.66. The van der Waals surface area contributed by atoms with E-state index in [2.05, 4.69) is 25.5 Å². The van der Waals surface area contributed by atoms with Crippen molar-refractivity contribution in [2.24, 2.45) is 5.73 Å². The molecular weight excluding hydrogens is 545 g/mol. The lowest BCUT2D eigenvalue weighted by Crippen LogP contribution is -2.31. The third-order valence-electron chi connectivity index (χ3n) is 4.73. The molecule has 0 amide bonds. The van der Waals surface area contributed by atoms with Gasteiger partial charge in [0.25, 0.3) is 0 Å². The summed E-state index contributed by atoms with van der Waals surface area (Å²) in [6.07, 6.45) is -6.54. The number of carbonyl (C=O) groups is 1. The predicted molar refractivity (Wildman–Crippen MR) is 124 cm³/mol. The molecule has 202 valence electrons. The third-order valence-corrected chi connectivity index (χ3v) is 5.66. The highest BCUT2D eigenvalue weighted by Gasteiger charge is 2.38. The van der Waals surface area contributed by atoms with Crippen LogP contribution in [-0.4, -0.2) is 50.0 Å².